The fourth-order valence-electron chi connectivity index (χ4n) is 4.00. The van der Waals surface area contributed by atoms with Crippen molar-refractivity contribution in [3.05, 3.63) is 65.7 Å². The number of nitrogens with one attached hydrogen (secondary N) is 1. The fraction of sp³-hybridized carbons (Fsp3) is 0.435. The summed E-state index contributed by atoms with van der Waals surface area (Å²) in [6, 6.07) is 19.1. The summed E-state index contributed by atoms with van der Waals surface area (Å²) in [6.07, 6.45) is 0.833. The number of ether oxygens (including phenoxy) is 1. The summed E-state index contributed by atoms with van der Waals surface area (Å²) in [6.45, 7) is 6.97. The van der Waals surface area contributed by atoms with Gasteiger partial charge in [0.05, 0.1) is 12.5 Å². The average molecular weight is 380 g/mol. The van der Waals surface area contributed by atoms with Crippen molar-refractivity contribution in [2.75, 3.05) is 44.3 Å². The third-order valence-electron chi connectivity index (χ3n) is 5.76. The van der Waals surface area contributed by atoms with E-state index in [2.05, 4.69) is 69.7 Å². The fourth-order valence-corrected chi connectivity index (χ4v) is 4.00. The average Bonchev–Trinajstić information content (AvgIpc) is 3.29. The zero-order valence-corrected chi connectivity index (χ0v) is 16.3. The molecular formula is C23H29N3O2. The van der Waals surface area contributed by atoms with Crippen LogP contribution in [0.3, 0.4) is 0 Å². The lowest BCUT2D eigenvalue weighted by Crippen LogP contribution is -2.46. The first-order chi connectivity index (χ1) is 13.8. The van der Waals surface area contributed by atoms with E-state index >= 15 is 0 Å². The van der Waals surface area contributed by atoms with Crippen LogP contribution in [0, 0.1) is 5.92 Å². The second-order valence-electron chi connectivity index (χ2n) is 7.65. The SMILES string of the molecule is O=C(NCc1ccccc1CN1CCN(c2ccccc2)CC1)C1CCOC1. The minimum absolute atomic E-state index is 0.0122. The lowest BCUT2D eigenvalue weighted by atomic mass is 10.1. The minimum Gasteiger partial charge on any atom is -0.381 e. The highest BCUT2D eigenvalue weighted by molar-refractivity contribution is 5.79. The van der Waals surface area contributed by atoms with E-state index in [1.807, 2.05) is 0 Å². The predicted octanol–water partition coefficient (Wildman–Crippen LogP) is 2.66. The van der Waals surface area contributed by atoms with E-state index in [0.29, 0.717) is 19.8 Å². The van der Waals surface area contributed by atoms with Gasteiger partial charge < -0.3 is 15.0 Å². The monoisotopic (exact) mass is 379 g/mol. The lowest BCUT2D eigenvalue weighted by Gasteiger charge is -2.36. The van der Waals surface area contributed by atoms with Gasteiger partial charge in [0, 0.05) is 51.6 Å². The zero-order valence-electron chi connectivity index (χ0n) is 16.3. The first-order valence-electron chi connectivity index (χ1n) is 10.2. The molecule has 2 aliphatic rings. The van der Waals surface area contributed by atoms with Crippen LogP contribution in [-0.2, 0) is 22.6 Å². The van der Waals surface area contributed by atoms with Gasteiger partial charge in [-0.2, -0.15) is 0 Å². The molecule has 0 bridgehead atoms. The molecule has 5 nitrogen and oxygen atoms in total. The number of hydrogen-bond donors (Lipinski definition) is 1. The van der Waals surface area contributed by atoms with Crippen LogP contribution >= 0.6 is 0 Å². The van der Waals surface area contributed by atoms with E-state index in [1.165, 1.54) is 16.8 Å². The van der Waals surface area contributed by atoms with Gasteiger partial charge in [-0.05, 0) is 29.7 Å². The summed E-state index contributed by atoms with van der Waals surface area (Å²) in [7, 11) is 0. The van der Waals surface area contributed by atoms with Crippen LogP contribution in [0.15, 0.2) is 54.6 Å². The summed E-state index contributed by atoms with van der Waals surface area (Å²) in [5.74, 6) is 0.127. The Kier molecular flexibility index (Phi) is 6.24. The lowest BCUT2D eigenvalue weighted by molar-refractivity contribution is -0.125. The van der Waals surface area contributed by atoms with Gasteiger partial charge in [0.15, 0.2) is 0 Å². The Hall–Kier alpha value is -2.37. The van der Waals surface area contributed by atoms with Crippen LogP contribution in [0.4, 0.5) is 5.69 Å². The summed E-state index contributed by atoms with van der Waals surface area (Å²) >= 11 is 0. The Morgan fingerprint density at radius 2 is 1.68 bits per heavy atom. The number of benzene rings is 2. The third kappa shape index (κ3) is 4.72. The minimum atomic E-state index is 0.0122. The highest BCUT2D eigenvalue weighted by Crippen LogP contribution is 2.18. The first kappa shape index (κ1) is 19.0. The summed E-state index contributed by atoms with van der Waals surface area (Å²) in [4.78, 5) is 17.2. The van der Waals surface area contributed by atoms with Crippen molar-refractivity contribution < 1.29 is 9.53 Å². The molecule has 2 heterocycles. The highest BCUT2D eigenvalue weighted by atomic mass is 16.5. The summed E-state index contributed by atoms with van der Waals surface area (Å²) in [5, 5.41) is 3.10. The van der Waals surface area contributed by atoms with Gasteiger partial charge in [-0.3, -0.25) is 9.69 Å². The van der Waals surface area contributed by atoms with Crippen LogP contribution in [0.5, 0.6) is 0 Å². The maximum absolute atomic E-state index is 12.3. The number of para-hydroxylation sites is 1. The van der Waals surface area contributed by atoms with E-state index in [1.54, 1.807) is 0 Å². The number of rotatable bonds is 6. The molecule has 0 aliphatic carbocycles. The van der Waals surface area contributed by atoms with Crippen LogP contribution in [0.1, 0.15) is 17.5 Å². The van der Waals surface area contributed by atoms with Crippen molar-refractivity contribution in [3.8, 4) is 0 Å². The summed E-state index contributed by atoms with van der Waals surface area (Å²) in [5.41, 5.74) is 3.82. The Morgan fingerprint density at radius 1 is 0.964 bits per heavy atom. The van der Waals surface area contributed by atoms with Gasteiger partial charge >= 0.3 is 0 Å². The standard InChI is InChI=1S/C23H29N3O2/c27-23(21-10-15-28-18-21)24-16-19-6-4-5-7-20(19)17-25-11-13-26(14-12-25)22-8-2-1-3-9-22/h1-9,21H,10-18H2,(H,24,27). The quantitative estimate of drug-likeness (QED) is 0.838. The maximum atomic E-state index is 12.3. The van der Waals surface area contributed by atoms with Crippen LogP contribution in [-0.4, -0.2) is 50.2 Å². The number of piperazine rings is 1. The highest BCUT2D eigenvalue weighted by Gasteiger charge is 2.23. The first-order valence-corrected chi connectivity index (χ1v) is 10.2. The van der Waals surface area contributed by atoms with Crippen molar-refractivity contribution in [1.29, 1.82) is 0 Å². The zero-order chi connectivity index (χ0) is 19.2. The van der Waals surface area contributed by atoms with Crippen LogP contribution in [0.25, 0.3) is 0 Å². The molecule has 4 rings (SSSR count). The van der Waals surface area contributed by atoms with E-state index in [4.69, 9.17) is 4.74 Å². The molecule has 1 unspecified atom stereocenters. The van der Waals surface area contributed by atoms with Gasteiger partial charge in [0.1, 0.15) is 0 Å². The topological polar surface area (TPSA) is 44.8 Å². The second-order valence-corrected chi connectivity index (χ2v) is 7.65. The number of carbonyl (C=O) groups is 1. The molecule has 1 amide bonds. The van der Waals surface area contributed by atoms with Crippen molar-refractivity contribution in [2.24, 2.45) is 5.92 Å². The Morgan fingerprint density at radius 3 is 2.39 bits per heavy atom. The molecule has 2 aromatic rings. The predicted molar refractivity (Wildman–Crippen MR) is 111 cm³/mol. The molecule has 1 atom stereocenters. The molecule has 2 aromatic carbocycles. The molecule has 1 N–H and O–H groups in total. The molecule has 28 heavy (non-hydrogen) atoms. The molecule has 2 saturated heterocycles. The molecule has 0 spiro atoms. The molecule has 0 radical (unpaired) electrons. The molecule has 0 aromatic heterocycles. The molecule has 148 valence electrons. The number of anilines is 1. The van der Waals surface area contributed by atoms with Gasteiger partial charge in [-0.1, -0.05) is 42.5 Å². The Balaban J connectivity index is 1.31. The smallest absolute Gasteiger partial charge is 0.225 e. The largest absolute Gasteiger partial charge is 0.381 e. The molecule has 0 saturated carbocycles. The van der Waals surface area contributed by atoms with E-state index in [9.17, 15) is 4.79 Å². The molecule has 2 aliphatic heterocycles. The van der Waals surface area contributed by atoms with Crippen molar-refractivity contribution in [3.63, 3.8) is 0 Å². The van der Waals surface area contributed by atoms with Gasteiger partial charge in [0.25, 0.3) is 0 Å². The number of carbonyl (C=O) groups excluding carboxylic acids is 1. The molecule has 5 heteroatoms. The molecular weight excluding hydrogens is 350 g/mol. The second kappa shape index (κ2) is 9.22. The van der Waals surface area contributed by atoms with Crippen molar-refractivity contribution in [2.45, 2.75) is 19.5 Å². The maximum Gasteiger partial charge on any atom is 0.225 e. The van der Waals surface area contributed by atoms with Gasteiger partial charge in [-0.15, -0.1) is 0 Å². The number of hydrogen-bond acceptors (Lipinski definition) is 4. The Bertz CT molecular complexity index is 766. The van der Waals surface area contributed by atoms with Gasteiger partial charge in [-0.25, -0.2) is 0 Å². The normalized spacial score (nSPS) is 20.3. The summed E-state index contributed by atoms with van der Waals surface area (Å²) < 4.78 is 5.32. The molecule has 2 fully saturated rings. The van der Waals surface area contributed by atoms with Crippen LogP contribution < -0.4 is 10.2 Å². The number of amides is 1. The van der Waals surface area contributed by atoms with E-state index in [-0.39, 0.29) is 11.8 Å². The van der Waals surface area contributed by atoms with Crippen LogP contribution in [0.2, 0.25) is 0 Å². The van der Waals surface area contributed by atoms with E-state index in [0.717, 1.165) is 39.1 Å². The number of nitrogens with zero attached hydrogens (tertiary/aromatic N) is 2. The third-order valence-corrected chi connectivity index (χ3v) is 5.76. The van der Waals surface area contributed by atoms with Crippen molar-refractivity contribution >= 4 is 11.6 Å². The van der Waals surface area contributed by atoms with Gasteiger partial charge in [0.2, 0.25) is 5.91 Å². The van der Waals surface area contributed by atoms with E-state index < -0.39 is 0 Å². The Labute approximate surface area is 167 Å². The van der Waals surface area contributed by atoms with Crippen molar-refractivity contribution in [1.82, 2.24) is 10.2 Å².